The Morgan fingerprint density at radius 1 is 1.18 bits per heavy atom. The highest BCUT2D eigenvalue weighted by atomic mass is 16.2. The van der Waals surface area contributed by atoms with Crippen LogP contribution in [-0.4, -0.2) is 63.0 Å². The molecule has 4 heteroatoms. The van der Waals surface area contributed by atoms with Crippen molar-refractivity contribution in [3.8, 4) is 0 Å². The van der Waals surface area contributed by atoms with Crippen LogP contribution in [0, 0.1) is 5.92 Å². The van der Waals surface area contributed by atoms with Crippen molar-refractivity contribution < 1.29 is 4.79 Å². The molecule has 1 N–H and O–H groups in total. The second kappa shape index (κ2) is 8.48. The Kier molecular flexibility index (Phi) is 8.17. The van der Waals surface area contributed by atoms with Gasteiger partial charge in [0.1, 0.15) is 0 Å². The van der Waals surface area contributed by atoms with E-state index in [9.17, 15) is 4.79 Å². The minimum atomic E-state index is 0.209. The first-order valence-corrected chi connectivity index (χ1v) is 6.42. The lowest BCUT2D eigenvalue weighted by atomic mass is 10.0. The average molecular weight is 243 g/mol. The molecule has 0 saturated heterocycles. The number of likely N-dealkylation sites (N-methyl/N-ethyl adjacent to an activating group) is 1. The summed E-state index contributed by atoms with van der Waals surface area (Å²) in [6.07, 6.45) is 1.54. The first-order valence-electron chi connectivity index (χ1n) is 6.42. The van der Waals surface area contributed by atoms with Gasteiger partial charge in [0.15, 0.2) is 0 Å². The Labute approximate surface area is 106 Å². The lowest BCUT2D eigenvalue weighted by molar-refractivity contribution is -0.128. The van der Waals surface area contributed by atoms with Crippen LogP contribution in [0.3, 0.4) is 0 Å². The predicted molar refractivity (Wildman–Crippen MR) is 73.1 cm³/mol. The van der Waals surface area contributed by atoms with Crippen LogP contribution in [0.25, 0.3) is 0 Å². The number of hydrogen-bond donors (Lipinski definition) is 1. The number of rotatable bonds is 8. The first-order chi connectivity index (χ1) is 7.84. The third-order valence-electron chi connectivity index (χ3n) is 2.84. The second-order valence-corrected chi connectivity index (χ2v) is 5.46. The third kappa shape index (κ3) is 8.16. The molecule has 1 atom stereocenters. The molecule has 102 valence electrons. The summed E-state index contributed by atoms with van der Waals surface area (Å²) in [7, 11) is 7.79. The molecule has 0 bridgehead atoms. The number of nitrogens with zero attached hydrogens (tertiary/aromatic N) is 2. The molecule has 0 aliphatic heterocycles. The monoisotopic (exact) mass is 243 g/mol. The van der Waals surface area contributed by atoms with Gasteiger partial charge in [-0.2, -0.15) is 0 Å². The van der Waals surface area contributed by atoms with Crippen LogP contribution in [0.1, 0.15) is 26.7 Å². The molecule has 0 heterocycles. The molecule has 0 aliphatic carbocycles. The molecule has 0 rings (SSSR count). The van der Waals surface area contributed by atoms with Crippen molar-refractivity contribution >= 4 is 5.91 Å². The van der Waals surface area contributed by atoms with Crippen molar-refractivity contribution in [1.82, 2.24) is 15.1 Å². The van der Waals surface area contributed by atoms with Gasteiger partial charge < -0.3 is 15.1 Å². The van der Waals surface area contributed by atoms with Crippen LogP contribution < -0.4 is 5.32 Å². The van der Waals surface area contributed by atoms with Gasteiger partial charge in [0.2, 0.25) is 5.91 Å². The summed E-state index contributed by atoms with van der Waals surface area (Å²) in [5, 5.41) is 3.53. The summed E-state index contributed by atoms with van der Waals surface area (Å²) in [4.78, 5) is 15.2. The summed E-state index contributed by atoms with van der Waals surface area (Å²) in [6, 6.07) is 0.499. The van der Waals surface area contributed by atoms with Crippen molar-refractivity contribution in [2.45, 2.75) is 32.7 Å². The quantitative estimate of drug-likeness (QED) is 0.647. The molecular weight excluding hydrogens is 214 g/mol. The maximum absolute atomic E-state index is 11.4. The Bertz CT molecular complexity index is 215. The van der Waals surface area contributed by atoms with E-state index in [1.54, 1.807) is 19.0 Å². The zero-order chi connectivity index (χ0) is 13.4. The Morgan fingerprint density at radius 3 is 2.18 bits per heavy atom. The summed E-state index contributed by atoms with van der Waals surface area (Å²) >= 11 is 0. The summed E-state index contributed by atoms with van der Waals surface area (Å²) in [5.41, 5.74) is 0. The van der Waals surface area contributed by atoms with Gasteiger partial charge in [-0.05, 0) is 33.0 Å². The van der Waals surface area contributed by atoms with E-state index >= 15 is 0 Å². The first kappa shape index (κ1) is 16.4. The second-order valence-electron chi connectivity index (χ2n) is 5.46. The highest BCUT2D eigenvalue weighted by molar-refractivity contribution is 5.75. The molecule has 4 nitrogen and oxygen atoms in total. The molecule has 0 fully saturated rings. The third-order valence-corrected chi connectivity index (χ3v) is 2.84. The standard InChI is InChI=1S/C13H29N3O/c1-11(2)12(10-15(3)4)14-9-7-8-13(17)16(5)6/h11-12,14H,7-10H2,1-6H3. The molecule has 0 spiro atoms. The largest absolute Gasteiger partial charge is 0.349 e. The lowest BCUT2D eigenvalue weighted by Crippen LogP contribution is -2.42. The lowest BCUT2D eigenvalue weighted by Gasteiger charge is -2.25. The van der Waals surface area contributed by atoms with E-state index in [1.807, 2.05) is 0 Å². The fourth-order valence-corrected chi connectivity index (χ4v) is 1.66. The molecular formula is C13H29N3O. The van der Waals surface area contributed by atoms with Crippen molar-refractivity contribution in [3.05, 3.63) is 0 Å². The summed E-state index contributed by atoms with van der Waals surface area (Å²) < 4.78 is 0. The SMILES string of the molecule is CC(C)C(CN(C)C)NCCCC(=O)N(C)C. The zero-order valence-electron chi connectivity index (χ0n) is 12.3. The highest BCUT2D eigenvalue weighted by Gasteiger charge is 2.13. The summed E-state index contributed by atoms with van der Waals surface area (Å²) in [5.74, 6) is 0.822. The van der Waals surface area contributed by atoms with Gasteiger partial charge >= 0.3 is 0 Å². The zero-order valence-corrected chi connectivity index (χ0v) is 12.3. The fourth-order valence-electron chi connectivity index (χ4n) is 1.66. The fraction of sp³-hybridized carbons (Fsp3) is 0.923. The van der Waals surface area contributed by atoms with Gasteiger partial charge in [0.25, 0.3) is 0 Å². The molecule has 17 heavy (non-hydrogen) atoms. The predicted octanol–water partition coefficient (Wildman–Crippen LogP) is 1.03. The Balaban J connectivity index is 3.79. The van der Waals surface area contributed by atoms with Crippen LogP contribution in [0.2, 0.25) is 0 Å². The minimum absolute atomic E-state index is 0.209. The molecule has 0 aromatic heterocycles. The molecule has 0 aromatic rings. The average Bonchev–Trinajstić information content (AvgIpc) is 2.21. The van der Waals surface area contributed by atoms with Crippen molar-refractivity contribution in [1.29, 1.82) is 0 Å². The summed E-state index contributed by atoms with van der Waals surface area (Å²) in [6.45, 7) is 6.41. The van der Waals surface area contributed by atoms with Gasteiger partial charge in [-0.25, -0.2) is 0 Å². The topological polar surface area (TPSA) is 35.6 Å². The molecule has 0 saturated carbocycles. The number of nitrogens with one attached hydrogen (secondary N) is 1. The van der Waals surface area contributed by atoms with Gasteiger partial charge in [0.05, 0.1) is 0 Å². The molecule has 0 aliphatic rings. The van der Waals surface area contributed by atoms with Crippen molar-refractivity contribution in [2.75, 3.05) is 41.3 Å². The normalized spacial score (nSPS) is 13.2. The van der Waals surface area contributed by atoms with E-state index in [2.05, 4.69) is 38.2 Å². The smallest absolute Gasteiger partial charge is 0.222 e. The Hall–Kier alpha value is -0.610. The van der Waals surface area contributed by atoms with E-state index < -0.39 is 0 Å². The van der Waals surface area contributed by atoms with Crippen LogP contribution in [0.5, 0.6) is 0 Å². The Morgan fingerprint density at radius 2 is 1.76 bits per heavy atom. The van der Waals surface area contributed by atoms with E-state index in [1.165, 1.54) is 0 Å². The van der Waals surface area contributed by atoms with Gasteiger partial charge in [-0.1, -0.05) is 13.8 Å². The van der Waals surface area contributed by atoms with E-state index in [0.717, 1.165) is 19.5 Å². The minimum Gasteiger partial charge on any atom is -0.349 e. The van der Waals surface area contributed by atoms with E-state index in [-0.39, 0.29) is 5.91 Å². The van der Waals surface area contributed by atoms with Gasteiger partial charge in [-0.15, -0.1) is 0 Å². The number of amides is 1. The van der Waals surface area contributed by atoms with Crippen LogP contribution in [0.4, 0.5) is 0 Å². The van der Waals surface area contributed by atoms with E-state index in [4.69, 9.17) is 0 Å². The molecule has 1 unspecified atom stereocenters. The number of carbonyl (C=O) groups is 1. The maximum atomic E-state index is 11.4. The highest BCUT2D eigenvalue weighted by Crippen LogP contribution is 2.03. The maximum Gasteiger partial charge on any atom is 0.222 e. The molecule has 0 aromatic carbocycles. The number of carbonyl (C=O) groups excluding carboxylic acids is 1. The van der Waals surface area contributed by atoms with Crippen LogP contribution in [0.15, 0.2) is 0 Å². The number of hydrogen-bond acceptors (Lipinski definition) is 3. The van der Waals surface area contributed by atoms with Crippen LogP contribution >= 0.6 is 0 Å². The molecule has 0 radical (unpaired) electrons. The van der Waals surface area contributed by atoms with E-state index in [0.29, 0.717) is 18.4 Å². The van der Waals surface area contributed by atoms with Crippen LogP contribution in [-0.2, 0) is 4.79 Å². The van der Waals surface area contributed by atoms with Crippen molar-refractivity contribution in [3.63, 3.8) is 0 Å². The van der Waals surface area contributed by atoms with Gasteiger partial charge in [0, 0.05) is 33.1 Å². The molecule has 1 amide bonds. The van der Waals surface area contributed by atoms with Gasteiger partial charge in [-0.3, -0.25) is 4.79 Å². The van der Waals surface area contributed by atoms with Crippen molar-refractivity contribution in [2.24, 2.45) is 5.92 Å².